The first-order valence-corrected chi connectivity index (χ1v) is 6.59. The first-order valence-electron chi connectivity index (χ1n) is 6.59. The average Bonchev–Trinajstić information content (AvgIpc) is 2.31. The summed E-state index contributed by atoms with van der Waals surface area (Å²) in [6.07, 6.45) is -1.46. The van der Waals surface area contributed by atoms with Gasteiger partial charge in [-0.25, -0.2) is 4.79 Å². The van der Waals surface area contributed by atoms with Crippen molar-refractivity contribution in [2.75, 3.05) is 13.1 Å². The Balaban J connectivity index is 2.37. The standard InChI is InChI=1S/C12H20F3N3O2/c1-8-4-3-5-9(2)18(8)6-10(19)17-11(20)16-7-12(13,14)15/h8-9H,3-7H2,1-2H3,(H2,16,17,19,20)/t8-,9-/m0/s1. The van der Waals surface area contributed by atoms with Crippen molar-refractivity contribution in [3.63, 3.8) is 0 Å². The molecule has 1 aliphatic heterocycles. The summed E-state index contributed by atoms with van der Waals surface area (Å²) in [6.45, 7) is 2.55. The highest BCUT2D eigenvalue weighted by atomic mass is 19.4. The van der Waals surface area contributed by atoms with Gasteiger partial charge in [0.2, 0.25) is 5.91 Å². The van der Waals surface area contributed by atoms with Crippen LogP contribution in [0, 0.1) is 0 Å². The molecule has 2 N–H and O–H groups in total. The minimum Gasteiger partial charge on any atom is -0.329 e. The van der Waals surface area contributed by atoms with E-state index in [1.807, 2.05) is 24.1 Å². The van der Waals surface area contributed by atoms with Gasteiger partial charge in [-0.05, 0) is 26.7 Å². The summed E-state index contributed by atoms with van der Waals surface area (Å²) in [5, 5.41) is 3.51. The van der Waals surface area contributed by atoms with Gasteiger partial charge in [-0.3, -0.25) is 15.0 Å². The molecule has 8 heteroatoms. The van der Waals surface area contributed by atoms with Crippen molar-refractivity contribution in [1.29, 1.82) is 0 Å². The second kappa shape index (κ2) is 6.92. The molecule has 1 heterocycles. The van der Waals surface area contributed by atoms with E-state index in [2.05, 4.69) is 0 Å². The first-order chi connectivity index (χ1) is 9.19. The highest BCUT2D eigenvalue weighted by molar-refractivity contribution is 5.95. The largest absolute Gasteiger partial charge is 0.405 e. The van der Waals surface area contributed by atoms with Gasteiger partial charge in [0.25, 0.3) is 0 Å². The van der Waals surface area contributed by atoms with Crippen LogP contribution in [-0.2, 0) is 4.79 Å². The highest BCUT2D eigenvalue weighted by Gasteiger charge is 2.29. The molecule has 1 rings (SSSR count). The van der Waals surface area contributed by atoms with E-state index in [9.17, 15) is 22.8 Å². The number of rotatable bonds is 3. The molecule has 0 spiro atoms. The van der Waals surface area contributed by atoms with Crippen molar-refractivity contribution < 1.29 is 22.8 Å². The van der Waals surface area contributed by atoms with Crippen LogP contribution in [0.3, 0.4) is 0 Å². The first kappa shape index (κ1) is 16.7. The Morgan fingerprint density at radius 3 is 2.25 bits per heavy atom. The fourth-order valence-corrected chi connectivity index (χ4v) is 2.34. The van der Waals surface area contributed by atoms with E-state index in [1.165, 1.54) is 0 Å². The van der Waals surface area contributed by atoms with Crippen LogP contribution in [0.25, 0.3) is 0 Å². The number of amides is 3. The van der Waals surface area contributed by atoms with E-state index < -0.39 is 24.7 Å². The molecule has 5 nitrogen and oxygen atoms in total. The molecule has 0 radical (unpaired) electrons. The Labute approximate surface area is 115 Å². The smallest absolute Gasteiger partial charge is 0.329 e. The van der Waals surface area contributed by atoms with Gasteiger partial charge in [-0.2, -0.15) is 13.2 Å². The molecule has 3 amide bonds. The third-order valence-electron chi connectivity index (χ3n) is 3.40. The highest BCUT2D eigenvalue weighted by Crippen LogP contribution is 2.21. The molecule has 2 atom stereocenters. The Bertz CT molecular complexity index is 350. The molecule has 0 aromatic rings. The van der Waals surface area contributed by atoms with Gasteiger partial charge in [0.1, 0.15) is 6.54 Å². The van der Waals surface area contributed by atoms with Crippen LogP contribution in [0.15, 0.2) is 0 Å². The van der Waals surface area contributed by atoms with E-state index in [1.54, 1.807) is 5.32 Å². The number of hydrogen-bond acceptors (Lipinski definition) is 3. The zero-order valence-electron chi connectivity index (χ0n) is 11.6. The maximum atomic E-state index is 11.9. The maximum absolute atomic E-state index is 11.9. The van der Waals surface area contributed by atoms with Gasteiger partial charge in [-0.15, -0.1) is 0 Å². The van der Waals surface area contributed by atoms with Gasteiger partial charge < -0.3 is 5.32 Å². The number of urea groups is 1. The van der Waals surface area contributed by atoms with Crippen LogP contribution in [0.5, 0.6) is 0 Å². The Kier molecular flexibility index (Phi) is 5.79. The van der Waals surface area contributed by atoms with Crippen LogP contribution in [0.4, 0.5) is 18.0 Å². The number of alkyl halides is 3. The van der Waals surface area contributed by atoms with Crippen LogP contribution < -0.4 is 10.6 Å². The Morgan fingerprint density at radius 1 is 1.20 bits per heavy atom. The van der Waals surface area contributed by atoms with E-state index in [4.69, 9.17) is 0 Å². The summed E-state index contributed by atoms with van der Waals surface area (Å²) in [7, 11) is 0. The lowest BCUT2D eigenvalue weighted by Gasteiger charge is -2.38. The number of piperidine rings is 1. The molecule has 0 saturated carbocycles. The van der Waals surface area contributed by atoms with Crippen LogP contribution >= 0.6 is 0 Å². The zero-order valence-corrected chi connectivity index (χ0v) is 11.6. The number of likely N-dealkylation sites (tertiary alicyclic amines) is 1. The van der Waals surface area contributed by atoms with Crippen molar-refractivity contribution >= 4 is 11.9 Å². The minimum atomic E-state index is -4.49. The predicted molar refractivity (Wildman–Crippen MR) is 67.1 cm³/mol. The SMILES string of the molecule is C[C@H]1CCC[C@H](C)N1CC(=O)NC(=O)NCC(F)(F)F. The number of halogens is 3. The molecule has 0 unspecified atom stereocenters. The van der Waals surface area contributed by atoms with Crippen molar-refractivity contribution in [3.05, 3.63) is 0 Å². The summed E-state index contributed by atoms with van der Waals surface area (Å²) in [4.78, 5) is 24.7. The summed E-state index contributed by atoms with van der Waals surface area (Å²) in [6, 6.07) is -0.671. The molecule has 1 fully saturated rings. The molecule has 0 aromatic heterocycles. The second-order valence-corrected chi connectivity index (χ2v) is 5.15. The van der Waals surface area contributed by atoms with Gasteiger partial charge in [0.05, 0.1) is 6.54 Å². The average molecular weight is 295 g/mol. The lowest BCUT2D eigenvalue weighted by Crippen LogP contribution is -2.51. The Morgan fingerprint density at radius 2 is 1.75 bits per heavy atom. The number of carbonyl (C=O) groups is 2. The van der Waals surface area contributed by atoms with Crippen LogP contribution in [0.2, 0.25) is 0 Å². The lowest BCUT2D eigenvalue weighted by molar-refractivity contribution is -0.125. The van der Waals surface area contributed by atoms with Crippen molar-refractivity contribution in [3.8, 4) is 0 Å². The number of nitrogens with one attached hydrogen (secondary N) is 2. The molecular formula is C12H20F3N3O2. The van der Waals surface area contributed by atoms with Crippen molar-refractivity contribution in [2.24, 2.45) is 0 Å². The molecule has 1 saturated heterocycles. The molecule has 0 bridgehead atoms. The van der Waals surface area contributed by atoms with Gasteiger partial charge in [-0.1, -0.05) is 6.42 Å². The number of carbonyl (C=O) groups excluding carboxylic acids is 2. The molecule has 20 heavy (non-hydrogen) atoms. The molecule has 116 valence electrons. The third-order valence-corrected chi connectivity index (χ3v) is 3.40. The number of imide groups is 1. The fourth-order valence-electron chi connectivity index (χ4n) is 2.34. The summed E-state index contributed by atoms with van der Waals surface area (Å²) >= 11 is 0. The predicted octanol–water partition coefficient (Wildman–Crippen LogP) is 1.64. The van der Waals surface area contributed by atoms with Crippen LogP contribution in [-0.4, -0.2) is 48.2 Å². The van der Waals surface area contributed by atoms with Crippen molar-refractivity contribution in [1.82, 2.24) is 15.5 Å². The Hall–Kier alpha value is -1.31. The topological polar surface area (TPSA) is 61.4 Å². The van der Waals surface area contributed by atoms with Gasteiger partial charge in [0, 0.05) is 12.1 Å². The fraction of sp³-hybridized carbons (Fsp3) is 0.833. The second-order valence-electron chi connectivity index (χ2n) is 5.15. The normalized spacial score (nSPS) is 24.2. The molecule has 0 aromatic carbocycles. The zero-order chi connectivity index (χ0) is 15.3. The van der Waals surface area contributed by atoms with Crippen LogP contribution in [0.1, 0.15) is 33.1 Å². The van der Waals surface area contributed by atoms with E-state index in [0.29, 0.717) is 0 Å². The van der Waals surface area contributed by atoms with E-state index in [-0.39, 0.29) is 18.6 Å². The van der Waals surface area contributed by atoms with E-state index >= 15 is 0 Å². The molecular weight excluding hydrogens is 275 g/mol. The number of nitrogens with zero attached hydrogens (tertiary/aromatic N) is 1. The molecule has 0 aliphatic carbocycles. The lowest BCUT2D eigenvalue weighted by atomic mass is 9.97. The summed E-state index contributed by atoms with van der Waals surface area (Å²) in [5.41, 5.74) is 0. The monoisotopic (exact) mass is 295 g/mol. The number of hydrogen-bond donors (Lipinski definition) is 2. The third kappa shape index (κ3) is 5.77. The van der Waals surface area contributed by atoms with Gasteiger partial charge >= 0.3 is 12.2 Å². The summed E-state index contributed by atoms with van der Waals surface area (Å²) < 4.78 is 35.7. The molecule has 1 aliphatic rings. The summed E-state index contributed by atoms with van der Waals surface area (Å²) in [5.74, 6) is -0.592. The van der Waals surface area contributed by atoms with Crippen molar-refractivity contribution in [2.45, 2.75) is 51.4 Å². The minimum absolute atomic E-state index is 0.0156. The maximum Gasteiger partial charge on any atom is 0.405 e. The van der Waals surface area contributed by atoms with E-state index in [0.717, 1.165) is 19.3 Å². The quantitative estimate of drug-likeness (QED) is 0.832. The van der Waals surface area contributed by atoms with Gasteiger partial charge in [0.15, 0.2) is 0 Å².